The van der Waals surface area contributed by atoms with Crippen molar-refractivity contribution in [3.8, 4) is 11.3 Å². The largest absolute Gasteiger partial charge is 0.444 e. The van der Waals surface area contributed by atoms with Crippen LogP contribution in [0.3, 0.4) is 0 Å². The smallest absolute Gasteiger partial charge is 0.410 e. The van der Waals surface area contributed by atoms with E-state index < -0.39 is 23.4 Å². The summed E-state index contributed by atoms with van der Waals surface area (Å²) in [4.78, 5) is 29.4. The highest BCUT2D eigenvalue weighted by Gasteiger charge is 2.21. The Kier molecular flexibility index (Phi) is 6.20. The number of hydrogen-bond donors (Lipinski definition) is 1. The third kappa shape index (κ3) is 5.67. The van der Waals surface area contributed by atoms with Crippen molar-refractivity contribution < 1.29 is 18.7 Å². The van der Waals surface area contributed by atoms with Crippen LogP contribution >= 0.6 is 22.9 Å². The molecule has 0 saturated heterocycles. The van der Waals surface area contributed by atoms with E-state index in [0.29, 0.717) is 16.4 Å². The Hall–Kier alpha value is -2.19. The molecule has 0 radical (unpaired) electrons. The molecule has 0 aliphatic heterocycles. The monoisotopic (exact) mass is 399 g/mol. The minimum Gasteiger partial charge on any atom is -0.444 e. The van der Waals surface area contributed by atoms with E-state index in [1.807, 2.05) is 0 Å². The third-order valence-corrected chi connectivity index (χ3v) is 4.10. The van der Waals surface area contributed by atoms with E-state index in [0.717, 1.165) is 0 Å². The van der Waals surface area contributed by atoms with Gasteiger partial charge in [-0.1, -0.05) is 11.6 Å². The Morgan fingerprint density at radius 2 is 2.08 bits per heavy atom. The molecular weight excluding hydrogens is 381 g/mol. The van der Waals surface area contributed by atoms with Gasteiger partial charge in [-0.15, -0.1) is 11.3 Å². The molecule has 0 aliphatic carbocycles. The van der Waals surface area contributed by atoms with Gasteiger partial charge in [0.2, 0.25) is 5.91 Å². The van der Waals surface area contributed by atoms with Gasteiger partial charge in [0.25, 0.3) is 0 Å². The number of likely N-dealkylation sites (N-methyl/N-ethyl adjacent to an activating group) is 1. The number of anilines is 1. The Bertz CT molecular complexity index is 820. The number of carbonyl (C=O) groups is 2. The van der Waals surface area contributed by atoms with E-state index >= 15 is 0 Å². The summed E-state index contributed by atoms with van der Waals surface area (Å²) in [6.07, 6.45) is -0.589. The second kappa shape index (κ2) is 8.01. The number of halogens is 2. The molecule has 0 aliphatic rings. The summed E-state index contributed by atoms with van der Waals surface area (Å²) in [5, 5.41) is 4.70. The van der Waals surface area contributed by atoms with Crippen molar-refractivity contribution in [2.24, 2.45) is 0 Å². The van der Waals surface area contributed by atoms with Crippen molar-refractivity contribution >= 4 is 40.1 Å². The van der Waals surface area contributed by atoms with Gasteiger partial charge < -0.3 is 15.0 Å². The highest BCUT2D eigenvalue weighted by Crippen LogP contribution is 2.28. The molecule has 9 heteroatoms. The summed E-state index contributed by atoms with van der Waals surface area (Å²) in [6.45, 7) is 5.07. The molecule has 1 N–H and O–H groups in total. The molecule has 0 fully saturated rings. The SMILES string of the molecule is CN(CC(=O)Nc1nc(-c2ccc(F)c(Cl)c2)cs1)C(=O)OC(C)(C)C. The molecule has 0 unspecified atom stereocenters. The van der Waals surface area contributed by atoms with Crippen molar-refractivity contribution in [2.75, 3.05) is 18.9 Å². The van der Waals surface area contributed by atoms with E-state index in [1.54, 1.807) is 32.2 Å². The van der Waals surface area contributed by atoms with E-state index in [1.165, 1.54) is 35.4 Å². The van der Waals surface area contributed by atoms with Gasteiger partial charge >= 0.3 is 6.09 Å². The van der Waals surface area contributed by atoms with E-state index in [4.69, 9.17) is 16.3 Å². The molecule has 1 heterocycles. The van der Waals surface area contributed by atoms with Crippen LogP contribution in [0.1, 0.15) is 20.8 Å². The standard InChI is InChI=1S/C17H19ClFN3O3S/c1-17(2,3)25-16(24)22(4)8-14(23)21-15-20-13(9-26-15)10-5-6-12(19)11(18)7-10/h5-7,9H,8H2,1-4H3,(H,20,21,23). The van der Waals surface area contributed by atoms with Crippen LogP contribution < -0.4 is 5.32 Å². The number of rotatable bonds is 4. The summed E-state index contributed by atoms with van der Waals surface area (Å²) in [6, 6.07) is 4.27. The van der Waals surface area contributed by atoms with Gasteiger partial charge in [-0.3, -0.25) is 4.79 Å². The van der Waals surface area contributed by atoms with Gasteiger partial charge in [-0.05, 0) is 39.0 Å². The van der Waals surface area contributed by atoms with Crippen LogP contribution in [0.4, 0.5) is 14.3 Å². The lowest BCUT2D eigenvalue weighted by molar-refractivity contribution is -0.117. The lowest BCUT2D eigenvalue weighted by Gasteiger charge is -2.24. The summed E-state index contributed by atoms with van der Waals surface area (Å²) < 4.78 is 18.4. The predicted octanol–water partition coefficient (Wildman–Crippen LogP) is 4.41. The van der Waals surface area contributed by atoms with Crippen molar-refractivity contribution in [3.63, 3.8) is 0 Å². The lowest BCUT2D eigenvalue weighted by atomic mass is 10.2. The first-order valence-electron chi connectivity index (χ1n) is 7.70. The van der Waals surface area contributed by atoms with E-state index in [9.17, 15) is 14.0 Å². The minimum absolute atomic E-state index is 0.0000658. The van der Waals surface area contributed by atoms with Crippen LogP contribution in [0.15, 0.2) is 23.6 Å². The molecule has 0 spiro atoms. The van der Waals surface area contributed by atoms with Crippen LogP contribution in [-0.2, 0) is 9.53 Å². The average molecular weight is 400 g/mol. The highest BCUT2D eigenvalue weighted by molar-refractivity contribution is 7.14. The number of nitrogens with zero attached hydrogens (tertiary/aromatic N) is 2. The zero-order valence-electron chi connectivity index (χ0n) is 14.8. The molecule has 26 heavy (non-hydrogen) atoms. The fourth-order valence-corrected chi connectivity index (χ4v) is 2.81. The maximum absolute atomic E-state index is 13.2. The Labute approximate surface area is 159 Å². The van der Waals surface area contributed by atoms with Crippen molar-refractivity contribution in [1.82, 2.24) is 9.88 Å². The van der Waals surface area contributed by atoms with Crippen LogP contribution in [0, 0.1) is 5.82 Å². The van der Waals surface area contributed by atoms with E-state index in [2.05, 4.69) is 10.3 Å². The predicted molar refractivity (Wildman–Crippen MR) is 100 cm³/mol. The summed E-state index contributed by atoms with van der Waals surface area (Å²) in [7, 11) is 1.47. The fraction of sp³-hybridized carbons (Fsp3) is 0.353. The number of benzene rings is 1. The number of aromatic nitrogens is 1. The topological polar surface area (TPSA) is 71.5 Å². The van der Waals surface area contributed by atoms with Crippen LogP contribution in [0.5, 0.6) is 0 Å². The maximum Gasteiger partial charge on any atom is 0.410 e. The van der Waals surface area contributed by atoms with Gasteiger partial charge in [0.15, 0.2) is 5.13 Å². The zero-order chi connectivity index (χ0) is 19.5. The fourth-order valence-electron chi connectivity index (χ4n) is 1.90. The van der Waals surface area contributed by atoms with Crippen LogP contribution in [0.2, 0.25) is 5.02 Å². The number of amides is 2. The molecule has 140 valence electrons. The molecule has 1 aromatic heterocycles. The molecule has 2 amide bonds. The molecule has 0 bridgehead atoms. The first-order chi connectivity index (χ1) is 12.0. The highest BCUT2D eigenvalue weighted by atomic mass is 35.5. The Morgan fingerprint density at radius 3 is 2.69 bits per heavy atom. The number of hydrogen-bond acceptors (Lipinski definition) is 5. The molecular formula is C17H19ClFN3O3S. The minimum atomic E-state index is -0.636. The van der Waals surface area contributed by atoms with Crippen molar-refractivity contribution in [1.29, 1.82) is 0 Å². The van der Waals surface area contributed by atoms with Crippen molar-refractivity contribution in [3.05, 3.63) is 34.4 Å². The van der Waals surface area contributed by atoms with Gasteiger partial charge in [0.1, 0.15) is 18.0 Å². The second-order valence-electron chi connectivity index (χ2n) is 6.55. The van der Waals surface area contributed by atoms with Gasteiger partial charge in [-0.25, -0.2) is 14.2 Å². The number of carbonyl (C=O) groups excluding carboxylic acids is 2. The first-order valence-corrected chi connectivity index (χ1v) is 8.96. The molecule has 0 atom stereocenters. The molecule has 6 nitrogen and oxygen atoms in total. The Morgan fingerprint density at radius 1 is 1.38 bits per heavy atom. The lowest BCUT2D eigenvalue weighted by Crippen LogP contribution is -2.38. The zero-order valence-corrected chi connectivity index (χ0v) is 16.4. The quantitative estimate of drug-likeness (QED) is 0.826. The van der Waals surface area contributed by atoms with Gasteiger partial charge in [-0.2, -0.15) is 0 Å². The van der Waals surface area contributed by atoms with Gasteiger partial charge in [0, 0.05) is 18.0 Å². The Balaban J connectivity index is 1.97. The maximum atomic E-state index is 13.2. The third-order valence-electron chi connectivity index (χ3n) is 3.05. The van der Waals surface area contributed by atoms with Crippen LogP contribution in [0.25, 0.3) is 11.3 Å². The molecule has 1 aromatic carbocycles. The normalized spacial score (nSPS) is 11.2. The molecule has 0 saturated carbocycles. The summed E-state index contributed by atoms with van der Waals surface area (Å²) in [5.41, 5.74) is 0.564. The summed E-state index contributed by atoms with van der Waals surface area (Å²) >= 11 is 6.98. The number of ether oxygens (including phenoxy) is 1. The number of thiazole rings is 1. The van der Waals surface area contributed by atoms with Crippen molar-refractivity contribution in [2.45, 2.75) is 26.4 Å². The second-order valence-corrected chi connectivity index (χ2v) is 7.82. The first kappa shape index (κ1) is 20.1. The average Bonchev–Trinajstić information content (AvgIpc) is 2.96. The number of nitrogens with one attached hydrogen (secondary N) is 1. The van der Waals surface area contributed by atoms with E-state index in [-0.39, 0.29) is 11.6 Å². The van der Waals surface area contributed by atoms with Crippen LogP contribution in [-0.4, -0.2) is 41.1 Å². The molecule has 2 aromatic rings. The van der Waals surface area contributed by atoms with Gasteiger partial charge in [0.05, 0.1) is 10.7 Å². The summed E-state index contributed by atoms with van der Waals surface area (Å²) in [5.74, 6) is -0.916. The molecule has 2 rings (SSSR count).